The molecule has 0 amide bonds. The second kappa shape index (κ2) is 8.87. The molecule has 0 bridgehead atoms. The lowest BCUT2D eigenvalue weighted by atomic mass is 10.0. The van der Waals surface area contributed by atoms with Crippen molar-refractivity contribution in [1.29, 1.82) is 0 Å². The Morgan fingerprint density at radius 1 is 0.967 bits per heavy atom. The minimum atomic E-state index is 0.362. The highest BCUT2D eigenvalue weighted by molar-refractivity contribution is 5.86. The van der Waals surface area contributed by atoms with Gasteiger partial charge in [0.05, 0.1) is 0 Å². The third kappa shape index (κ3) is 4.38. The van der Waals surface area contributed by atoms with Gasteiger partial charge >= 0.3 is 0 Å². The Morgan fingerprint density at radius 2 is 1.73 bits per heavy atom. The van der Waals surface area contributed by atoms with E-state index in [1.165, 1.54) is 10.9 Å². The van der Waals surface area contributed by atoms with Gasteiger partial charge in [-0.1, -0.05) is 44.2 Å². The van der Waals surface area contributed by atoms with Crippen LogP contribution < -0.4 is 10.1 Å². The Bertz CT molecular complexity index is 1150. The van der Waals surface area contributed by atoms with Crippen molar-refractivity contribution in [3.63, 3.8) is 0 Å². The maximum Gasteiger partial charge on any atom is 0.159 e. The standard InChI is InChI=1S/C26H27N3O/c1-19(2)17-29-14-13-22-15-20(9-11-25(22)29)21-10-12-26(24(16-21)27-3)30-18-28-23-7-5-4-6-8-23/h4-16,19,28H,3,17-18H2,1-2H3. The van der Waals surface area contributed by atoms with Crippen LogP contribution in [0.2, 0.25) is 0 Å². The molecule has 0 spiro atoms. The van der Waals surface area contributed by atoms with E-state index >= 15 is 0 Å². The molecule has 0 aliphatic carbocycles. The van der Waals surface area contributed by atoms with Gasteiger partial charge in [-0.2, -0.15) is 0 Å². The van der Waals surface area contributed by atoms with Crippen LogP contribution in [0.1, 0.15) is 13.8 Å². The number of aliphatic imine (C=N–C) groups is 1. The van der Waals surface area contributed by atoms with E-state index in [4.69, 9.17) is 4.74 Å². The van der Waals surface area contributed by atoms with Gasteiger partial charge in [0.1, 0.15) is 11.4 Å². The zero-order valence-corrected chi connectivity index (χ0v) is 17.5. The molecule has 152 valence electrons. The van der Waals surface area contributed by atoms with Crippen molar-refractivity contribution in [2.75, 3.05) is 12.0 Å². The molecule has 4 nitrogen and oxygen atoms in total. The van der Waals surface area contributed by atoms with E-state index in [0.29, 0.717) is 18.4 Å². The second-order valence-electron chi connectivity index (χ2n) is 7.81. The van der Waals surface area contributed by atoms with Crippen LogP contribution in [0.5, 0.6) is 5.75 Å². The number of nitrogens with one attached hydrogen (secondary N) is 1. The average molecular weight is 398 g/mol. The molecular weight excluding hydrogens is 370 g/mol. The quantitative estimate of drug-likeness (QED) is 0.264. The Kier molecular flexibility index (Phi) is 5.84. The maximum absolute atomic E-state index is 5.89. The van der Waals surface area contributed by atoms with Crippen molar-refractivity contribution < 1.29 is 4.74 Å². The van der Waals surface area contributed by atoms with E-state index in [-0.39, 0.29) is 0 Å². The molecule has 0 radical (unpaired) electrons. The predicted octanol–water partition coefficient (Wildman–Crippen LogP) is 6.74. The molecule has 0 aliphatic rings. The fourth-order valence-electron chi connectivity index (χ4n) is 3.63. The molecule has 0 fully saturated rings. The van der Waals surface area contributed by atoms with Gasteiger partial charge in [-0.25, -0.2) is 0 Å². The van der Waals surface area contributed by atoms with E-state index in [9.17, 15) is 0 Å². The summed E-state index contributed by atoms with van der Waals surface area (Å²) in [6.07, 6.45) is 2.17. The fraction of sp³-hybridized carbons (Fsp3) is 0.192. The topological polar surface area (TPSA) is 38.5 Å². The molecule has 0 aliphatic heterocycles. The summed E-state index contributed by atoms with van der Waals surface area (Å²) in [7, 11) is 0. The van der Waals surface area contributed by atoms with Crippen molar-refractivity contribution in [3.05, 3.63) is 79.0 Å². The molecule has 1 N–H and O–H groups in total. The first-order valence-electron chi connectivity index (χ1n) is 10.3. The van der Waals surface area contributed by atoms with Gasteiger partial charge in [0.15, 0.2) is 6.73 Å². The Labute approximate surface area is 177 Å². The summed E-state index contributed by atoms with van der Waals surface area (Å²) in [5, 5.41) is 4.48. The largest absolute Gasteiger partial charge is 0.471 e. The van der Waals surface area contributed by atoms with Crippen LogP contribution in [0, 0.1) is 5.92 Å². The van der Waals surface area contributed by atoms with Crippen molar-refractivity contribution >= 4 is 29.0 Å². The molecule has 0 atom stereocenters. The van der Waals surface area contributed by atoms with Gasteiger partial charge in [0.25, 0.3) is 0 Å². The van der Waals surface area contributed by atoms with E-state index in [2.05, 4.69) is 72.0 Å². The first kappa shape index (κ1) is 19.8. The highest BCUT2D eigenvalue weighted by Crippen LogP contribution is 2.34. The number of benzene rings is 3. The Morgan fingerprint density at radius 3 is 2.50 bits per heavy atom. The number of anilines is 1. The monoisotopic (exact) mass is 397 g/mol. The molecule has 0 saturated heterocycles. The lowest BCUT2D eigenvalue weighted by molar-refractivity contribution is 0.348. The van der Waals surface area contributed by atoms with E-state index < -0.39 is 0 Å². The highest BCUT2D eigenvalue weighted by atomic mass is 16.5. The molecule has 4 aromatic rings. The third-order valence-corrected chi connectivity index (χ3v) is 5.07. The van der Waals surface area contributed by atoms with Gasteiger partial charge in [0.2, 0.25) is 0 Å². The molecule has 30 heavy (non-hydrogen) atoms. The van der Waals surface area contributed by atoms with Gasteiger partial charge in [0, 0.05) is 29.3 Å². The van der Waals surface area contributed by atoms with Crippen LogP contribution in [0.4, 0.5) is 11.4 Å². The summed E-state index contributed by atoms with van der Waals surface area (Å²) in [5.41, 5.74) is 5.27. The summed E-state index contributed by atoms with van der Waals surface area (Å²) < 4.78 is 8.20. The third-order valence-electron chi connectivity index (χ3n) is 5.07. The van der Waals surface area contributed by atoms with Crippen LogP contribution in [0.3, 0.4) is 0 Å². The molecular formula is C26H27N3O. The summed E-state index contributed by atoms with van der Waals surface area (Å²) in [5.74, 6) is 1.33. The van der Waals surface area contributed by atoms with Gasteiger partial charge in [-0.3, -0.25) is 4.99 Å². The lowest BCUT2D eigenvalue weighted by Crippen LogP contribution is -2.08. The van der Waals surface area contributed by atoms with Crippen LogP contribution >= 0.6 is 0 Å². The first-order chi connectivity index (χ1) is 14.6. The van der Waals surface area contributed by atoms with Crippen LogP contribution in [-0.2, 0) is 6.54 Å². The Balaban J connectivity index is 1.52. The minimum Gasteiger partial charge on any atom is -0.471 e. The number of hydrogen-bond acceptors (Lipinski definition) is 3. The van der Waals surface area contributed by atoms with Crippen molar-refractivity contribution in [3.8, 4) is 16.9 Å². The summed E-state index contributed by atoms with van der Waals surface area (Å²) in [6.45, 7) is 9.58. The maximum atomic E-state index is 5.89. The first-order valence-corrected chi connectivity index (χ1v) is 10.3. The number of hydrogen-bond donors (Lipinski definition) is 1. The van der Waals surface area contributed by atoms with E-state index in [1.807, 2.05) is 42.5 Å². The molecule has 1 heterocycles. The normalized spacial score (nSPS) is 11.0. The summed E-state index contributed by atoms with van der Waals surface area (Å²) in [6, 6.07) is 24.8. The van der Waals surface area contributed by atoms with Crippen LogP contribution in [-0.4, -0.2) is 18.0 Å². The number of aromatic nitrogens is 1. The summed E-state index contributed by atoms with van der Waals surface area (Å²) in [4.78, 5) is 4.17. The van der Waals surface area contributed by atoms with Crippen LogP contribution in [0.25, 0.3) is 22.0 Å². The average Bonchev–Trinajstić information content (AvgIpc) is 3.16. The van der Waals surface area contributed by atoms with E-state index in [0.717, 1.165) is 29.0 Å². The Hall–Kier alpha value is -3.53. The van der Waals surface area contributed by atoms with Gasteiger partial charge < -0.3 is 14.6 Å². The van der Waals surface area contributed by atoms with Crippen molar-refractivity contribution in [2.24, 2.45) is 10.9 Å². The van der Waals surface area contributed by atoms with Crippen molar-refractivity contribution in [1.82, 2.24) is 4.57 Å². The van der Waals surface area contributed by atoms with Crippen molar-refractivity contribution in [2.45, 2.75) is 20.4 Å². The molecule has 4 heteroatoms. The SMILES string of the molecule is C=Nc1cc(-c2ccc3c(ccn3CC(C)C)c2)ccc1OCNc1ccccc1. The zero-order valence-electron chi connectivity index (χ0n) is 17.5. The summed E-state index contributed by atoms with van der Waals surface area (Å²) >= 11 is 0. The smallest absolute Gasteiger partial charge is 0.159 e. The number of para-hydroxylation sites is 1. The molecule has 3 aromatic carbocycles. The predicted molar refractivity (Wildman–Crippen MR) is 127 cm³/mol. The van der Waals surface area contributed by atoms with Crippen LogP contribution in [0.15, 0.2) is 84.0 Å². The van der Waals surface area contributed by atoms with E-state index in [1.54, 1.807) is 0 Å². The highest BCUT2D eigenvalue weighted by Gasteiger charge is 2.08. The number of ether oxygens (including phenoxy) is 1. The zero-order chi connectivity index (χ0) is 20.9. The molecule has 4 rings (SSSR count). The number of fused-ring (bicyclic) bond motifs is 1. The molecule has 0 unspecified atom stereocenters. The number of rotatable bonds is 8. The second-order valence-corrected chi connectivity index (χ2v) is 7.81. The lowest BCUT2D eigenvalue weighted by Gasteiger charge is -2.12. The van der Waals surface area contributed by atoms with Gasteiger partial charge in [-0.05, 0) is 66.2 Å². The number of nitrogens with zero attached hydrogens (tertiary/aromatic N) is 2. The molecule has 1 aromatic heterocycles. The van der Waals surface area contributed by atoms with Gasteiger partial charge in [-0.15, -0.1) is 0 Å². The molecule has 0 saturated carbocycles. The fourth-order valence-corrected chi connectivity index (χ4v) is 3.63. The minimum absolute atomic E-state index is 0.362.